The summed E-state index contributed by atoms with van der Waals surface area (Å²) < 4.78 is 37.9. The second-order valence-corrected chi connectivity index (χ2v) is 21.5. The van der Waals surface area contributed by atoms with Crippen molar-refractivity contribution in [1.29, 1.82) is 0 Å². The number of aliphatic hydroxyl groups is 1. The van der Waals surface area contributed by atoms with Crippen LogP contribution in [0.3, 0.4) is 0 Å². The number of allylic oxidation sites excluding steroid dienone is 2. The third-order valence-electron chi connectivity index (χ3n) is 18.7. The van der Waals surface area contributed by atoms with Crippen molar-refractivity contribution in [3.05, 3.63) is 47.6 Å². The molecule has 11 heteroatoms. The number of carbonyl (C=O) groups is 4. The van der Waals surface area contributed by atoms with Crippen molar-refractivity contribution in [2.75, 3.05) is 26.9 Å². The molecule has 2 spiro atoms. The maximum atomic E-state index is 13.7. The minimum atomic E-state index is -0.979. The van der Waals surface area contributed by atoms with Crippen LogP contribution in [0.25, 0.3) is 0 Å². The topological polar surface area (TPSA) is 147 Å². The molecule has 63 heavy (non-hydrogen) atoms. The van der Waals surface area contributed by atoms with Crippen molar-refractivity contribution in [2.45, 2.75) is 177 Å². The SMILES string of the molecule is C=CCC1(C)CCCC23c4c5ccc(OC(=O)CCCCCCC(=O)OCC(=O)[C@@]67CC[C@H]8[C@@H]9CCC%10=CC(=O)CC[C@]%10(C)[C@H]9[C@@H](O)C[C@@]86O7)c4O[C@H]2COCCC[C@@]3(OC)[C@H]1C5. The molecule has 3 heterocycles. The largest absolute Gasteiger partial charge is 0.483 e. The van der Waals surface area contributed by atoms with Gasteiger partial charge in [0.05, 0.1) is 23.7 Å². The molecular formula is C52H68O11. The van der Waals surface area contributed by atoms with Gasteiger partial charge in [-0.1, -0.05) is 50.8 Å². The van der Waals surface area contributed by atoms with Gasteiger partial charge in [0.1, 0.15) is 11.7 Å². The predicted molar refractivity (Wildman–Crippen MR) is 232 cm³/mol. The van der Waals surface area contributed by atoms with Crippen LogP contribution in [0.15, 0.2) is 36.4 Å². The molecule has 10 rings (SSSR count). The number of aliphatic hydroxyl groups excluding tert-OH is 1. The van der Waals surface area contributed by atoms with Gasteiger partial charge in [-0.15, -0.1) is 6.58 Å². The summed E-state index contributed by atoms with van der Waals surface area (Å²) in [4.78, 5) is 52.1. The van der Waals surface area contributed by atoms with Gasteiger partial charge in [0.2, 0.25) is 5.78 Å². The first-order chi connectivity index (χ1) is 30.3. The fourth-order valence-corrected chi connectivity index (χ4v) is 16.1. The quantitative estimate of drug-likeness (QED) is 0.0635. The van der Waals surface area contributed by atoms with Crippen LogP contribution in [0.2, 0.25) is 0 Å². The molecule has 4 saturated carbocycles. The fourth-order valence-electron chi connectivity index (χ4n) is 16.1. The Morgan fingerprint density at radius 1 is 0.968 bits per heavy atom. The van der Waals surface area contributed by atoms with E-state index >= 15 is 0 Å². The maximum absolute atomic E-state index is 13.7. The Kier molecular flexibility index (Phi) is 11.0. The summed E-state index contributed by atoms with van der Waals surface area (Å²) in [5.41, 5.74) is 0.931. The molecule has 2 saturated heterocycles. The van der Waals surface area contributed by atoms with E-state index in [1.165, 1.54) is 11.1 Å². The van der Waals surface area contributed by atoms with Crippen LogP contribution in [0.1, 0.15) is 147 Å². The number of methoxy groups -OCH3 is 1. The summed E-state index contributed by atoms with van der Waals surface area (Å²) >= 11 is 0. The molecule has 11 nitrogen and oxygen atoms in total. The Labute approximate surface area is 372 Å². The van der Waals surface area contributed by atoms with Crippen LogP contribution in [-0.4, -0.2) is 84.6 Å². The van der Waals surface area contributed by atoms with Gasteiger partial charge in [0.15, 0.2) is 29.5 Å². The average molecular weight is 869 g/mol. The summed E-state index contributed by atoms with van der Waals surface area (Å²) in [5, 5.41) is 11.6. The first-order valence-corrected chi connectivity index (χ1v) is 24.4. The van der Waals surface area contributed by atoms with Crippen molar-refractivity contribution < 1.29 is 52.7 Å². The van der Waals surface area contributed by atoms with Gasteiger partial charge in [-0.25, -0.2) is 0 Å². The zero-order valence-corrected chi connectivity index (χ0v) is 37.8. The van der Waals surface area contributed by atoms with Crippen LogP contribution in [-0.2, 0) is 50.0 Å². The lowest BCUT2D eigenvalue weighted by molar-refractivity contribution is -0.188. The van der Waals surface area contributed by atoms with Crippen molar-refractivity contribution >= 4 is 23.5 Å². The second kappa shape index (κ2) is 15.9. The highest BCUT2D eigenvalue weighted by molar-refractivity contribution is 5.95. The van der Waals surface area contributed by atoms with Gasteiger partial charge < -0.3 is 33.5 Å². The first kappa shape index (κ1) is 43.5. The van der Waals surface area contributed by atoms with Crippen molar-refractivity contribution in [2.24, 2.45) is 34.5 Å². The number of fused-ring (bicyclic) bond motifs is 4. The lowest BCUT2D eigenvalue weighted by Crippen LogP contribution is -2.67. The number of epoxide rings is 1. The average Bonchev–Trinajstić information content (AvgIpc) is 3.60. The van der Waals surface area contributed by atoms with Gasteiger partial charge in [0, 0.05) is 45.0 Å². The van der Waals surface area contributed by atoms with E-state index in [9.17, 15) is 24.3 Å². The number of benzene rings is 1. The zero-order chi connectivity index (χ0) is 44.0. The minimum Gasteiger partial charge on any atom is -0.483 e. The normalized spacial score (nSPS) is 41.4. The Bertz CT molecular complexity index is 2090. The lowest BCUT2D eigenvalue weighted by Gasteiger charge is -2.59. The molecular weight excluding hydrogens is 801 g/mol. The van der Waals surface area contributed by atoms with Gasteiger partial charge in [-0.05, 0) is 136 Å². The second-order valence-electron chi connectivity index (χ2n) is 21.5. The van der Waals surface area contributed by atoms with Crippen LogP contribution >= 0.6 is 0 Å². The summed E-state index contributed by atoms with van der Waals surface area (Å²) in [6.45, 7) is 9.59. The smallest absolute Gasteiger partial charge is 0.311 e. The minimum absolute atomic E-state index is 0.0364. The van der Waals surface area contributed by atoms with E-state index < -0.39 is 34.3 Å². The van der Waals surface area contributed by atoms with E-state index in [2.05, 4.69) is 32.6 Å². The van der Waals surface area contributed by atoms with E-state index in [4.69, 9.17) is 28.4 Å². The molecule has 2 bridgehead atoms. The van der Waals surface area contributed by atoms with E-state index in [-0.39, 0.29) is 77.6 Å². The van der Waals surface area contributed by atoms with Gasteiger partial charge in [-0.3, -0.25) is 19.2 Å². The van der Waals surface area contributed by atoms with Gasteiger partial charge in [0.25, 0.3) is 0 Å². The molecule has 0 aromatic heterocycles. The predicted octanol–water partition coefficient (Wildman–Crippen LogP) is 8.18. The third kappa shape index (κ3) is 6.38. The number of rotatable bonds is 14. The zero-order valence-electron chi connectivity index (χ0n) is 37.8. The van der Waals surface area contributed by atoms with Crippen LogP contribution < -0.4 is 9.47 Å². The Hall–Kier alpha value is -3.38. The highest BCUT2D eigenvalue weighted by atomic mass is 16.6. The molecule has 9 aliphatic rings. The molecule has 3 aliphatic heterocycles. The number of hydrogen-bond acceptors (Lipinski definition) is 11. The van der Waals surface area contributed by atoms with Crippen molar-refractivity contribution in [3.63, 3.8) is 0 Å². The maximum Gasteiger partial charge on any atom is 0.311 e. The molecule has 6 fully saturated rings. The monoisotopic (exact) mass is 868 g/mol. The fraction of sp³-hybridized carbons (Fsp3) is 0.731. The number of esters is 2. The molecule has 1 aromatic carbocycles. The highest BCUT2D eigenvalue weighted by Crippen LogP contribution is 2.74. The standard InChI is InChI=1S/C52H68O11/c1-5-20-47(2)21-10-22-49-41-31-59-26-11-23-50(49,58-4)39(47)27-32-14-17-38(46(62-41)44(32)49)61-43(57)13-9-7-6-8-12-42(56)60-30-40(55)51-25-19-36-35-16-15-33-28-34(53)18-24-48(33,3)45(35)37(54)29-52(36,51)63-51/h5,14,17,28,35-37,39,41,45,54H,1,6-13,15-16,18-27,29-31H2,2-4H3/t35-,36-,37-,39-,41-,45+,47?,48-,49?,50+,51-,52+/m0/s1. The van der Waals surface area contributed by atoms with Crippen LogP contribution in [0.5, 0.6) is 11.5 Å². The number of ether oxygens (including phenoxy) is 6. The van der Waals surface area contributed by atoms with Crippen LogP contribution in [0, 0.1) is 34.5 Å². The summed E-state index contributed by atoms with van der Waals surface area (Å²) in [6, 6.07) is 4.06. The summed E-state index contributed by atoms with van der Waals surface area (Å²) in [5.74, 6) is 1.15. The van der Waals surface area contributed by atoms with E-state index in [0.29, 0.717) is 56.8 Å². The number of unbranched alkanes of at least 4 members (excludes halogenated alkanes) is 3. The van der Waals surface area contributed by atoms with Crippen molar-refractivity contribution in [1.82, 2.24) is 0 Å². The van der Waals surface area contributed by atoms with E-state index in [1.807, 2.05) is 19.3 Å². The summed E-state index contributed by atoms with van der Waals surface area (Å²) in [6.07, 6.45) is 17.7. The Morgan fingerprint density at radius 3 is 2.57 bits per heavy atom. The molecule has 0 amide bonds. The number of ketones is 2. The van der Waals surface area contributed by atoms with Crippen LogP contribution in [0.4, 0.5) is 0 Å². The molecule has 342 valence electrons. The van der Waals surface area contributed by atoms with Gasteiger partial charge in [-0.2, -0.15) is 0 Å². The highest BCUT2D eigenvalue weighted by Gasteiger charge is 2.83. The molecule has 1 aromatic rings. The molecule has 12 atom stereocenters. The van der Waals surface area contributed by atoms with Crippen molar-refractivity contribution in [3.8, 4) is 11.5 Å². The van der Waals surface area contributed by atoms with E-state index in [0.717, 1.165) is 89.0 Å². The molecule has 1 N–H and O–H groups in total. The molecule has 0 radical (unpaired) electrons. The Balaban J connectivity index is 0.704. The number of hydrogen-bond donors (Lipinski definition) is 1. The lowest BCUT2D eigenvalue weighted by atomic mass is 9.48. The number of carbonyl (C=O) groups excluding carboxylic acids is 4. The van der Waals surface area contributed by atoms with E-state index in [1.54, 1.807) is 0 Å². The summed E-state index contributed by atoms with van der Waals surface area (Å²) in [7, 11) is 1.89. The third-order valence-corrected chi connectivity index (χ3v) is 18.7. The molecule has 6 aliphatic carbocycles. The first-order valence-electron chi connectivity index (χ1n) is 24.4. The molecule has 2 unspecified atom stereocenters. The Morgan fingerprint density at radius 2 is 1.78 bits per heavy atom. The number of Topliss-reactive ketones (excluding diaryl/α,β-unsaturated/α-hetero) is 1. The van der Waals surface area contributed by atoms with Gasteiger partial charge >= 0.3 is 11.9 Å².